The molecule has 0 saturated heterocycles. The van der Waals surface area contributed by atoms with E-state index in [4.69, 9.17) is 9.97 Å². The minimum Gasteiger partial charge on any atom is -0.355 e. The Morgan fingerprint density at radius 2 is 1.42 bits per heavy atom. The molecule has 0 spiro atoms. The van der Waals surface area contributed by atoms with Gasteiger partial charge in [-0.3, -0.25) is 0 Å². The summed E-state index contributed by atoms with van der Waals surface area (Å²) < 4.78 is 0. The van der Waals surface area contributed by atoms with Crippen LogP contribution >= 0.6 is 0 Å². The number of aryl methyl sites for hydroxylation is 6. The molecule has 7 rings (SSSR count). The fourth-order valence-corrected chi connectivity index (χ4v) is 6.79. The number of benzene rings is 1. The Morgan fingerprint density at radius 1 is 0.684 bits per heavy atom. The molecule has 4 heteroatoms. The molecule has 190 valence electrons. The van der Waals surface area contributed by atoms with E-state index in [9.17, 15) is 0 Å². The summed E-state index contributed by atoms with van der Waals surface area (Å²) in [7, 11) is 0. The van der Waals surface area contributed by atoms with Gasteiger partial charge in [-0.15, -0.1) is 0 Å². The molecule has 3 aliphatic rings. The van der Waals surface area contributed by atoms with Gasteiger partial charge >= 0.3 is 0 Å². The zero-order chi connectivity index (χ0) is 26.3. The summed E-state index contributed by atoms with van der Waals surface area (Å²) in [6, 6.07) is 13.4. The molecular weight excluding hydrogens is 464 g/mol. The number of rotatable bonds is 2. The Morgan fingerprint density at radius 3 is 2.21 bits per heavy atom. The first-order valence-electron chi connectivity index (χ1n) is 13.9. The highest BCUT2D eigenvalue weighted by Gasteiger charge is 2.28. The third kappa shape index (κ3) is 3.22. The predicted octanol–water partition coefficient (Wildman–Crippen LogP) is 8.58. The maximum Gasteiger partial charge on any atom is 0.0737 e. The van der Waals surface area contributed by atoms with Crippen LogP contribution in [0.4, 0.5) is 0 Å². The zero-order valence-corrected chi connectivity index (χ0v) is 23.2. The van der Waals surface area contributed by atoms with Gasteiger partial charge in [-0.2, -0.15) is 0 Å². The lowest BCUT2D eigenvalue weighted by atomic mass is 10.0. The summed E-state index contributed by atoms with van der Waals surface area (Å²) in [6.45, 7) is 13.4. The summed E-state index contributed by atoms with van der Waals surface area (Å²) in [5, 5.41) is 0. The zero-order valence-electron chi connectivity index (χ0n) is 23.2. The number of hydrogen-bond donors (Lipinski definition) is 2. The maximum atomic E-state index is 5.25. The molecule has 0 saturated carbocycles. The average Bonchev–Trinajstić information content (AvgIpc) is 3.67. The Hall–Kier alpha value is -3.92. The van der Waals surface area contributed by atoms with Crippen LogP contribution in [-0.4, -0.2) is 19.9 Å². The van der Waals surface area contributed by atoms with Crippen LogP contribution in [0.15, 0.2) is 36.4 Å². The molecule has 3 aromatic heterocycles. The number of fused-ring (bicyclic) bond motifs is 11. The molecule has 0 amide bonds. The Balaban J connectivity index is 1.69. The minimum absolute atomic E-state index is 0.966. The van der Waals surface area contributed by atoms with Gasteiger partial charge in [0.15, 0.2) is 0 Å². The number of allylic oxidation sites excluding steroid dienone is 2. The van der Waals surface area contributed by atoms with E-state index >= 15 is 0 Å². The summed E-state index contributed by atoms with van der Waals surface area (Å²) >= 11 is 0. The lowest BCUT2D eigenvalue weighted by Crippen LogP contribution is -1.88. The van der Waals surface area contributed by atoms with Crippen molar-refractivity contribution in [1.82, 2.24) is 19.9 Å². The number of aromatic amines is 2. The third-order valence-electron chi connectivity index (χ3n) is 8.96. The quantitative estimate of drug-likeness (QED) is 0.256. The van der Waals surface area contributed by atoms with E-state index in [0.29, 0.717) is 0 Å². The first-order valence-corrected chi connectivity index (χ1v) is 13.9. The first kappa shape index (κ1) is 23.2. The Bertz CT molecular complexity index is 1880. The van der Waals surface area contributed by atoms with Gasteiger partial charge in [-0.1, -0.05) is 31.5 Å². The third-order valence-corrected chi connectivity index (χ3v) is 8.96. The van der Waals surface area contributed by atoms with E-state index in [1.165, 1.54) is 77.9 Å². The summed E-state index contributed by atoms with van der Waals surface area (Å²) in [4.78, 5) is 18.1. The minimum atomic E-state index is 0.966. The second kappa shape index (κ2) is 8.29. The lowest BCUT2D eigenvalue weighted by molar-refractivity contribution is 1.07. The molecule has 4 aromatic rings. The van der Waals surface area contributed by atoms with Crippen molar-refractivity contribution >= 4 is 33.2 Å². The van der Waals surface area contributed by atoms with Gasteiger partial charge in [-0.25, -0.2) is 9.97 Å². The molecule has 1 aromatic carbocycles. The number of aromatic nitrogens is 4. The molecule has 8 bridgehead atoms. The maximum absolute atomic E-state index is 5.25. The van der Waals surface area contributed by atoms with Crippen LogP contribution < -0.4 is 0 Å². The van der Waals surface area contributed by atoms with Gasteiger partial charge < -0.3 is 9.97 Å². The predicted molar refractivity (Wildman–Crippen MR) is 159 cm³/mol. The second-order valence-corrected chi connectivity index (χ2v) is 11.1. The monoisotopic (exact) mass is 498 g/mol. The van der Waals surface area contributed by atoms with Gasteiger partial charge in [-0.05, 0) is 111 Å². The molecule has 1 aliphatic carbocycles. The van der Waals surface area contributed by atoms with Crippen LogP contribution in [0.2, 0.25) is 0 Å². The van der Waals surface area contributed by atoms with Crippen LogP contribution in [0.5, 0.6) is 0 Å². The van der Waals surface area contributed by atoms with E-state index < -0.39 is 0 Å². The van der Waals surface area contributed by atoms with Crippen molar-refractivity contribution in [3.05, 3.63) is 81.2 Å². The molecule has 5 heterocycles. The molecule has 0 atom stereocenters. The fraction of sp³-hybridized carbons (Fsp3) is 0.294. The van der Waals surface area contributed by atoms with Gasteiger partial charge in [0, 0.05) is 38.8 Å². The van der Waals surface area contributed by atoms with Gasteiger partial charge in [0.1, 0.15) is 0 Å². The molecule has 2 aliphatic heterocycles. The van der Waals surface area contributed by atoms with Crippen LogP contribution in [0.3, 0.4) is 0 Å². The van der Waals surface area contributed by atoms with Crippen molar-refractivity contribution in [3.63, 3.8) is 0 Å². The number of H-pyrrole nitrogens is 2. The van der Waals surface area contributed by atoms with Gasteiger partial charge in [0.25, 0.3) is 0 Å². The summed E-state index contributed by atoms with van der Waals surface area (Å²) in [5.41, 5.74) is 22.1. The van der Waals surface area contributed by atoms with E-state index in [2.05, 4.69) is 87.9 Å². The largest absolute Gasteiger partial charge is 0.355 e. The highest BCUT2D eigenvalue weighted by atomic mass is 14.8. The Labute approximate surface area is 223 Å². The Kier molecular flexibility index (Phi) is 5.07. The normalized spacial score (nSPS) is 13.9. The standard InChI is InChI=1S/C34H34N4/c1-7-21-18(4)27-14-28-19(5)22(8-2)33(37-28)25-12-11-23-20(6)29(38-34(23)25)15-31-24-10-9-17(3)13-26(24)32(36-31)16-30(21)35-27/h9-10,13-16,35,37H,7-8,11-12H2,1-6H3. The SMILES string of the molecule is CCc1c(C)c2cc3[nH]c(c4c5nc(cc6nc(cc1[nH]2)-c1cc(C)ccc1-6)C(C)=C5CC4)c(CC)c3C. The summed E-state index contributed by atoms with van der Waals surface area (Å²) in [6.07, 6.45) is 4.04. The molecule has 0 fully saturated rings. The topological polar surface area (TPSA) is 57.4 Å². The van der Waals surface area contributed by atoms with Crippen LogP contribution in [0.1, 0.15) is 72.0 Å². The smallest absolute Gasteiger partial charge is 0.0737 e. The average molecular weight is 499 g/mol. The number of nitrogens with one attached hydrogen (secondary N) is 2. The van der Waals surface area contributed by atoms with Crippen molar-refractivity contribution in [2.45, 2.75) is 67.2 Å². The highest BCUT2D eigenvalue weighted by Crippen LogP contribution is 2.43. The van der Waals surface area contributed by atoms with Crippen molar-refractivity contribution in [2.24, 2.45) is 0 Å². The van der Waals surface area contributed by atoms with Crippen molar-refractivity contribution in [2.75, 3.05) is 0 Å². The van der Waals surface area contributed by atoms with Crippen LogP contribution in [0.25, 0.3) is 55.7 Å². The van der Waals surface area contributed by atoms with E-state index in [-0.39, 0.29) is 0 Å². The van der Waals surface area contributed by atoms with Crippen LogP contribution in [0, 0.1) is 20.8 Å². The van der Waals surface area contributed by atoms with E-state index in [1.54, 1.807) is 0 Å². The molecule has 38 heavy (non-hydrogen) atoms. The second-order valence-electron chi connectivity index (χ2n) is 11.1. The van der Waals surface area contributed by atoms with Crippen molar-refractivity contribution in [3.8, 4) is 22.5 Å². The molecule has 0 unspecified atom stereocenters. The van der Waals surface area contributed by atoms with Gasteiger partial charge in [0.05, 0.1) is 22.8 Å². The van der Waals surface area contributed by atoms with Crippen LogP contribution in [-0.2, 0) is 19.3 Å². The van der Waals surface area contributed by atoms with E-state index in [1.807, 2.05) is 0 Å². The van der Waals surface area contributed by atoms with Crippen molar-refractivity contribution in [1.29, 1.82) is 0 Å². The van der Waals surface area contributed by atoms with Gasteiger partial charge in [0.2, 0.25) is 0 Å². The van der Waals surface area contributed by atoms with Crippen molar-refractivity contribution < 1.29 is 0 Å². The molecular formula is C34H34N4. The lowest BCUT2D eigenvalue weighted by Gasteiger charge is -2.02. The fourth-order valence-electron chi connectivity index (χ4n) is 6.79. The van der Waals surface area contributed by atoms with E-state index in [0.717, 1.165) is 48.3 Å². The first-order chi connectivity index (χ1) is 18.4. The summed E-state index contributed by atoms with van der Waals surface area (Å²) in [5.74, 6) is 0. The molecule has 4 nitrogen and oxygen atoms in total. The number of hydrogen-bond acceptors (Lipinski definition) is 2. The molecule has 2 N–H and O–H groups in total. The number of nitrogens with zero attached hydrogens (tertiary/aromatic N) is 2. The highest BCUT2D eigenvalue weighted by molar-refractivity contribution is 5.97. The molecule has 0 radical (unpaired) electrons.